The Morgan fingerprint density at radius 3 is 1.69 bits per heavy atom. The Labute approximate surface area is 310 Å². The number of fused-ring (bicyclic) bond motifs is 10. The molecule has 0 spiro atoms. The second kappa shape index (κ2) is 11.5. The minimum absolute atomic E-state index is 0.451. The van der Waals surface area contributed by atoms with Gasteiger partial charge in [0.25, 0.3) is 0 Å². The number of nitrogens with zero attached hydrogens (tertiary/aromatic N) is 2. The van der Waals surface area contributed by atoms with Crippen LogP contribution in [0.2, 0.25) is 0 Å². The van der Waals surface area contributed by atoms with Crippen LogP contribution in [-0.4, -0.2) is 9.13 Å². The number of thioether (sulfide) groups is 1. The second-order valence-corrected chi connectivity index (χ2v) is 16.5. The fraction of sp³-hybridized carbons (Fsp3) is 0.0833. The molecule has 0 amide bonds. The van der Waals surface area contributed by atoms with Gasteiger partial charge in [-0.2, -0.15) is 0 Å². The third-order valence-electron chi connectivity index (χ3n) is 11.3. The van der Waals surface area contributed by atoms with Gasteiger partial charge in [0.15, 0.2) is 0 Å². The fourth-order valence-corrected chi connectivity index (χ4v) is 10.9. The first kappa shape index (κ1) is 30.1. The first-order valence-corrected chi connectivity index (χ1v) is 19.7. The predicted octanol–water partition coefficient (Wildman–Crippen LogP) is 13.9. The first-order chi connectivity index (χ1) is 25.6. The highest BCUT2D eigenvalue weighted by Crippen LogP contribution is 2.49. The molecular weight excluding hydrogens is 669 g/mol. The van der Waals surface area contributed by atoms with E-state index in [0.29, 0.717) is 5.25 Å². The minimum atomic E-state index is 0.451. The van der Waals surface area contributed by atoms with Crippen LogP contribution in [0.25, 0.3) is 90.9 Å². The van der Waals surface area contributed by atoms with E-state index in [1.54, 1.807) is 0 Å². The first-order valence-electron chi connectivity index (χ1n) is 18.0. The molecule has 1 unspecified atom stereocenters. The number of allylic oxidation sites excluding steroid dienone is 1. The van der Waals surface area contributed by atoms with E-state index in [1.807, 2.05) is 23.1 Å². The van der Waals surface area contributed by atoms with Crippen LogP contribution in [0.1, 0.15) is 22.8 Å². The Morgan fingerprint density at radius 1 is 0.481 bits per heavy atom. The van der Waals surface area contributed by atoms with Crippen molar-refractivity contribution in [1.29, 1.82) is 0 Å². The molecule has 11 rings (SSSR count). The summed E-state index contributed by atoms with van der Waals surface area (Å²) in [7, 11) is 4.47. The van der Waals surface area contributed by atoms with Crippen molar-refractivity contribution in [2.24, 2.45) is 14.1 Å². The van der Waals surface area contributed by atoms with Crippen molar-refractivity contribution in [2.45, 2.75) is 11.7 Å². The molecule has 3 aromatic heterocycles. The number of aryl methyl sites for hydroxylation is 2. The van der Waals surface area contributed by atoms with Crippen LogP contribution < -0.4 is 0 Å². The Kier molecular flexibility index (Phi) is 6.65. The van der Waals surface area contributed by atoms with Gasteiger partial charge in [-0.25, -0.2) is 0 Å². The third kappa shape index (κ3) is 4.51. The number of rotatable bonds is 4. The molecule has 52 heavy (non-hydrogen) atoms. The summed E-state index contributed by atoms with van der Waals surface area (Å²) in [5.74, 6) is 0. The molecule has 0 saturated heterocycles. The van der Waals surface area contributed by atoms with E-state index in [9.17, 15) is 0 Å². The maximum Gasteiger partial charge on any atom is 0.0568 e. The number of aromatic nitrogens is 2. The van der Waals surface area contributed by atoms with Crippen molar-refractivity contribution >= 4 is 93.2 Å². The Bertz CT molecular complexity index is 3090. The maximum atomic E-state index is 2.43. The van der Waals surface area contributed by atoms with Crippen molar-refractivity contribution in [1.82, 2.24) is 9.13 Å². The van der Waals surface area contributed by atoms with Crippen LogP contribution in [-0.2, 0) is 14.1 Å². The molecule has 1 atom stereocenters. The molecule has 7 aromatic carbocycles. The Balaban J connectivity index is 0.990. The number of hydrogen-bond acceptors (Lipinski definition) is 2. The van der Waals surface area contributed by atoms with Gasteiger partial charge in [-0.05, 0) is 75.8 Å². The van der Waals surface area contributed by atoms with Gasteiger partial charge in [-0.3, -0.25) is 0 Å². The van der Waals surface area contributed by atoms with Crippen LogP contribution >= 0.6 is 23.1 Å². The molecule has 1 aliphatic heterocycles. The van der Waals surface area contributed by atoms with Gasteiger partial charge < -0.3 is 9.13 Å². The van der Waals surface area contributed by atoms with Crippen molar-refractivity contribution in [3.8, 4) is 20.9 Å². The largest absolute Gasteiger partial charge is 0.343 e. The van der Waals surface area contributed by atoms with Gasteiger partial charge in [-0.1, -0.05) is 115 Å². The molecule has 10 aromatic rings. The van der Waals surface area contributed by atoms with Crippen molar-refractivity contribution in [3.05, 3.63) is 163 Å². The molecule has 4 heteroatoms. The number of thiophene rings is 1. The van der Waals surface area contributed by atoms with Gasteiger partial charge in [0.1, 0.15) is 0 Å². The fourth-order valence-electron chi connectivity index (χ4n) is 8.67. The van der Waals surface area contributed by atoms with Crippen molar-refractivity contribution in [2.75, 3.05) is 0 Å². The highest BCUT2D eigenvalue weighted by Gasteiger charge is 2.22. The standard InChI is InChI=1S/C48H34N2S2/c1-49-41-27-40-38-20-14-32-26-34(46-24-22-44(52-46)30-11-7-4-8-12-30)16-18-36(32)48(38)50(2)42(40)28-39(41)37-19-13-31-25-33(15-17-35(31)47(37)49)45-23-21-43(51-45)29-9-5-3-6-10-29/h3-23,25-28,46H,24H2,1-2H3. The number of benzene rings is 7. The summed E-state index contributed by atoms with van der Waals surface area (Å²) >= 11 is 3.85. The lowest BCUT2D eigenvalue weighted by Crippen LogP contribution is -1.91. The van der Waals surface area contributed by atoms with E-state index in [0.717, 1.165) is 6.42 Å². The van der Waals surface area contributed by atoms with Crippen LogP contribution in [0.5, 0.6) is 0 Å². The molecule has 0 bridgehead atoms. The summed E-state index contributed by atoms with van der Waals surface area (Å²) in [4.78, 5) is 3.99. The van der Waals surface area contributed by atoms with Gasteiger partial charge in [0, 0.05) is 77.4 Å². The topological polar surface area (TPSA) is 9.86 Å². The van der Waals surface area contributed by atoms with Gasteiger partial charge in [0.05, 0.1) is 11.0 Å². The third-order valence-corrected chi connectivity index (χ3v) is 13.8. The van der Waals surface area contributed by atoms with Crippen molar-refractivity contribution in [3.63, 3.8) is 0 Å². The average molecular weight is 703 g/mol. The normalized spacial score (nSPS) is 14.9. The maximum absolute atomic E-state index is 2.43. The molecule has 2 nitrogen and oxygen atoms in total. The molecule has 0 fully saturated rings. The minimum Gasteiger partial charge on any atom is -0.343 e. The lowest BCUT2D eigenvalue weighted by atomic mass is 10.0. The zero-order valence-corrected chi connectivity index (χ0v) is 30.6. The summed E-state index contributed by atoms with van der Waals surface area (Å²) < 4.78 is 4.83. The summed E-state index contributed by atoms with van der Waals surface area (Å²) in [5, 5.41) is 10.9. The van der Waals surface area contributed by atoms with E-state index >= 15 is 0 Å². The molecule has 248 valence electrons. The average Bonchev–Trinajstić information content (AvgIpc) is 4.00. The lowest BCUT2D eigenvalue weighted by Gasteiger charge is -2.13. The molecule has 0 aliphatic carbocycles. The quantitative estimate of drug-likeness (QED) is 0.177. The zero-order chi connectivity index (χ0) is 34.5. The number of hydrogen-bond donors (Lipinski definition) is 0. The van der Waals surface area contributed by atoms with Gasteiger partial charge in [-0.15, -0.1) is 23.1 Å². The molecule has 0 saturated carbocycles. The summed E-state index contributed by atoms with van der Waals surface area (Å²) in [6.07, 6.45) is 3.47. The molecule has 1 aliphatic rings. The Morgan fingerprint density at radius 2 is 1.04 bits per heavy atom. The van der Waals surface area contributed by atoms with Gasteiger partial charge in [0.2, 0.25) is 0 Å². The highest BCUT2D eigenvalue weighted by atomic mass is 32.2. The van der Waals surface area contributed by atoms with E-state index in [4.69, 9.17) is 0 Å². The highest BCUT2D eigenvalue weighted by molar-refractivity contribution is 8.08. The smallest absolute Gasteiger partial charge is 0.0568 e. The van der Waals surface area contributed by atoms with Crippen LogP contribution in [0.15, 0.2) is 152 Å². The summed E-state index contributed by atoms with van der Waals surface area (Å²) in [5.41, 5.74) is 10.4. The summed E-state index contributed by atoms with van der Waals surface area (Å²) in [6.45, 7) is 0. The second-order valence-electron chi connectivity index (χ2n) is 14.2. The van der Waals surface area contributed by atoms with Crippen LogP contribution in [0, 0.1) is 0 Å². The van der Waals surface area contributed by atoms with Gasteiger partial charge >= 0.3 is 0 Å². The van der Waals surface area contributed by atoms with Crippen LogP contribution in [0.3, 0.4) is 0 Å². The molecule has 0 N–H and O–H groups in total. The van der Waals surface area contributed by atoms with E-state index in [1.165, 1.54) is 102 Å². The van der Waals surface area contributed by atoms with E-state index in [-0.39, 0.29) is 0 Å². The predicted molar refractivity (Wildman–Crippen MR) is 228 cm³/mol. The van der Waals surface area contributed by atoms with E-state index < -0.39 is 0 Å². The Hall–Kier alpha value is -5.55. The van der Waals surface area contributed by atoms with Crippen molar-refractivity contribution < 1.29 is 0 Å². The summed E-state index contributed by atoms with van der Waals surface area (Å²) in [6, 6.07) is 54.3. The molecule has 4 heterocycles. The molecule has 0 radical (unpaired) electrons. The molecular formula is C48H34N2S2. The SMILES string of the molecule is Cn1c2cc3c4ccc5cc(C6CC=C(c7ccccc7)S6)ccc5c4n(C)c3cc2c2ccc3cc(-c4ccc(-c5ccccc5)s4)ccc3c21. The van der Waals surface area contributed by atoms with E-state index in [2.05, 4.69) is 175 Å². The monoisotopic (exact) mass is 702 g/mol. The van der Waals surface area contributed by atoms with Crippen LogP contribution in [0.4, 0.5) is 0 Å². The lowest BCUT2D eigenvalue weighted by molar-refractivity contribution is 0.993. The zero-order valence-electron chi connectivity index (χ0n) is 28.9.